The summed E-state index contributed by atoms with van der Waals surface area (Å²) in [7, 11) is 4.13. The van der Waals surface area contributed by atoms with E-state index < -0.39 is 0 Å². The molecule has 1 rings (SSSR count). The number of rotatable bonds is 7. The number of nitrogens with one attached hydrogen (secondary N) is 1. The van der Waals surface area contributed by atoms with Gasteiger partial charge in [-0.1, -0.05) is 0 Å². The molecular formula is C14H28N4. The zero-order chi connectivity index (χ0) is 13.6. The standard InChI is InChI=1S/C14H28N4/c1-14(2,3)15-8-6-7-9-17(4)11-13-10-16-18(5)12-13/h10,12,15H,6-9,11H2,1-5H3. The molecule has 1 aromatic rings. The maximum absolute atomic E-state index is 4.19. The van der Waals surface area contributed by atoms with Crippen molar-refractivity contribution in [2.45, 2.75) is 45.7 Å². The van der Waals surface area contributed by atoms with Gasteiger partial charge in [0.2, 0.25) is 0 Å². The molecule has 104 valence electrons. The molecule has 0 aliphatic carbocycles. The van der Waals surface area contributed by atoms with E-state index in [-0.39, 0.29) is 5.54 Å². The van der Waals surface area contributed by atoms with Gasteiger partial charge in [-0.2, -0.15) is 5.10 Å². The molecule has 1 heterocycles. The molecule has 0 saturated heterocycles. The fourth-order valence-electron chi connectivity index (χ4n) is 1.91. The smallest absolute Gasteiger partial charge is 0.0534 e. The summed E-state index contributed by atoms with van der Waals surface area (Å²) in [4.78, 5) is 2.36. The van der Waals surface area contributed by atoms with E-state index in [1.165, 1.54) is 18.4 Å². The topological polar surface area (TPSA) is 33.1 Å². The van der Waals surface area contributed by atoms with E-state index in [0.717, 1.165) is 19.6 Å². The predicted octanol–water partition coefficient (Wildman–Crippen LogP) is 2.02. The average molecular weight is 252 g/mol. The number of nitrogens with zero attached hydrogens (tertiary/aromatic N) is 3. The van der Waals surface area contributed by atoms with Crippen molar-refractivity contribution in [1.82, 2.24) is 20.0 Å². The number of hydrogen-bond donors (Lipinski definition) is 1. The molecule has 0 aliphatic rings. The van der Waals surface area contributed by atoms with E-state index in [2.05, 4.69) is 49.3 Å². The van der Waals surface area contributed by atoms with E-state index >= 15 is 0 Å². The van der Waals surface area contributed by atoms with Crippen LogP contribution in [0.25, 0.3) is 0 Å². The lowest BCUT2D eigenvalue weighted by atomic mass is 10.1. The van der Waals surface area contributed by atoms with Crippen LogP contribution in [0.15, 0.2) is 12.4 Å². The second-order valence-corrected chi connectivity index (χ2v) is 6.14. The van der Waals surface area contributed by atoms with Crippen LogP contribution >= 0.6 is 0 Å². The van der Waals surface area contributed by atoms with Gasteiger partial charge in [-0.15, -0.1) is 0 Å². The third-order valence-corrected chi connectivity index (χ3v) is 2.83. The van der Waals surface area contributed by atoms with Gasteiger partial charge in [0.15, 0.2) is 0 Å². The first-order chi connectivity index (χ1) is 8.37. The number of aromatic nitrogens is 2. The Kier molecular flexibility index (Phi) is 5.82. The van der Waals surface area contributed by atoms with E-state index in [9.17, 15) is 0 Å². The van der Waals surface area contributed by atoms with Gasteiger partial charge in [-0.3, -0.25) is 4.68 Å². The molecule has 0 amide bonds. The highest BCUT2D eigenvalue weighted by molar-refractivity contribution is 5.02. The minimum Gasteiger partial charge on any atom is -0.312 e. The number of unbranched alkanes of at least 4 members (excludes halogenated alkanes) is 1. The summed E-state index contributed by atoms with van der Waals surface area (Å²) >= 11 is 0. The van der Waals surface area contributed by atoms with Crippen LogP contribution in [0.5, 0.6) is 0 Å². The second-order valence-electron chi connectivity index (χ2n) is 6.14. The third kappa shape index (κ3) is 6.77. The molecule has 1 aromatic heterocycles. The van der Waals surface area contributed by atoms with Crippen LogP contribution in [0, 0.1) is 0 Å². The van der Waals surface area contributed by atoms with Crippen molar-refractivity contribution in [1.29, 1.82) is 0 Å². The minimum absolute atomic E-state index is 0.238. The molecular weight excluding hydrogens is 224 g/mol. The quantitative estimate of drug-likeness (QED) is 0.754. The minimum atomic E-state index is 0.238. The van der Waals surface area contributed by atoms with Crippen LogP contribution < -0.4 is 5.32 Å². The second kappa shape index (κ2) is 6.90. The van der Waals surface area contributed by atoms with Crippen molar-refractivity contribution in [2.75, 3.05) is 20.1 Å². The van der Waals surface area contributed by atoms with Gasteiger partial charge < -0.3 is 10.2 Å². The van der Waals surface area contributed by atoms with Crippen molar-refractivity contribution >= 4 is 0 Å². The Morgan fingerprint density at radius 1 is 1.33 bits per heavy atom. The summed E-state index contributed by atoms with van der Waals surface area (Å²) in [5, 5.41) is 7.70. The SMILES string of the molecule is CN(CCCCNC(C)(C)C)Cc1cnn(C)c1. The molecule has 0 atom stereocenters. The molecule has 0 bridgehead atoms. The molecule has 4 nitrogen and oxygen atoms in total. The highest BCUT2D eigenvalue weighted by atomic mass is 15.2. The maximum atomic E-state index is 4.19. The molecule has 0 saturated carbocycles. The normalized spacial score (nSPS) is 12.3. The number of aryl methyl sites for hydroxylation is 1. The molecule has 18 heavy (non-hydrogen) atoms. The molecule has 0 aliphatic heterocycles. The first-order valence-electron chi connectivity index (χ1n) is 6.78. The lowest BCUT2D eigenvalue weighted by molar-refractivity contribution is 0.313. The lowest BCUT2D eigenvalue weighted by Gasteiger charge is -2.21. The van der Waals surface area contributed by atoms with Gasteiger partial charge in [0.25, 0.3) is 0 Å². The first kappa shape index (κ1) is 15.2. The predicted molar refractivity (Wildman–Crippen MR) is 76.5 cm³/mol. The zero-order valence-electron chi connectivity index (χ0n) is 12.5. The number of hydrogen-bond acceptors (Lipinski definition) is 3. The summed E-state index contributed by atoms with van der Waals surface area (Å²) in [6.07, 6.45) is 6.49. The highest BCUT2D eigenvalue weighted by Gasteiger charge is 2.07. The Hall–Kier alpha value is -0.870. The first-order valence-corrected chi connectivity index (χ1v) is 6.78. The summed E-state index contributed by atoms with van der Waals surface area (Å²) in [6.45, 7) is 9.86. The molecule has 0 radical (unpaired) electrons. The Balaban J connectivity index is 2.09. The van der Waals surface area contributed by atoms with Gasteiger partial charge in [0, 0.05) is 30.9 Å². The van der Waals surface area contributed by atoms with E-state index in [0.29, 0.717) is 0 Å². The van der Waals surface area contributed by atoms with Gasteiger partial charge in [-0.05, 0) is 53.8 Å². The van der Waals surface area contributed by atoms with Crippen LogP contribution in [-0.4, -0.2) is 40.4 Å². The van der Waals surface area contributed by atoms with Crippen LogP contribution in [0.4, 0.5) is 0 Å². The molecule has 0 fully saturated rings. The largest absolute Gasteiger partial charge is 0.312 e. The fourth-order valence-corrected chi connectivity index (χ4v) is 1.91. The van der Waals surface area contributed by atoms with Gasteiger partial charge in [-0.25, -0.2) is 0 Å². The van der Waals surface area contributed by atoms with Crippen molar-refractivity contribution in [3.05, 3.63) is 18.0 Å². The summed E-state index contributed by atoms with van der Waals surface area (Å²) in [5.74, 6) is 0. The fraction of sp³-hybridized carbons (Fsp3) is 0.786. The summed E-state index contributed by atoms with van der Waals surface area (Å²) in [5.41, 5.74) is 1.52. The van der Waals surface area contributed by atoms with Crippen molar-refractivity contribution in [2.24, 2.45) is 7.05 Å². The van der Waals surface area contributed by atoms with Gasteiger partial charge in [0.1, 0.15) is 0 Å². The molecule has 0 spiro atoms. The average Bonchev–Trinajstić information content (AvgIpc) is 2.61. The highest BCUT2D eigenvalue weighted by Crippen LogP contribution is 2.03. The van der Waals surface area contributed by atoms with Gasteiger partial charge in [0.05, 0.1) is 6.20 Å². The van der Waals surface area contributed by atoms with Gasteiger partial charge >= 0.3 is 0 Å². The molecule has 0 aromatic carbocycles. The molecule has 1 N–H and O–H groups in total. The van der Waals surface area contributed by atoms with E-state index in [4.69, 9.17) is 0 Å². The monoisotopic (exact) mass is 252 g/mol. The maximum Gasteiger partial charge on any atom is 0.0534 e. The van der Waals surface area contributed by atoms with Crippen molar-refractivity contribution in [3.63, 3.8) is 0 Å². The van der Waals surface area contributed by atoms with Crippen LogP contribution in [-0.2, 0) is 13.6 Å². The van der Waals surface area contributed by atoms with E-state index in [1.54, 1.807) is 0 Å². The van der Waals surface area contributed by atoms with Crippen LogP contribution in [0.3, 0.4) is 0 Å². The Morgan fingerprint density at radius 3 is 2.61 bits per heavy atom. The van der Waals surface area contributed by atoms with Crippen molar-refractivity contribution in [3.8, 4) is 0 Å². The third-order valence-electron chi connectivity index (χ3n) is 2.83. The molecule has 0 unspecified atom stereocenters. The van der Waals surface area contributed by atoms with Crippen LogP contribution in [0.2, 0.25) is 0 Å². The van der Waals surface area contributed by atoms with Crippen molar-refractivity contribution < 1.29 is 0 Å². The lowest BCUT2D eigenvalue weighted by Crippen LogP contribution is -2.36. The Labute approximate surface area is 111 Å². The van der Waals surface area contributed by atoms with Crippen LogP contribution in [0.1, 0.15) is 39.2 Å². The zero-order valence-corrected chi connectivity index (χ0v) is 12.5. The molecule has 4 heteroatoms. The Bertz CT molecular complexity index is 338. The van der Waals surface area contributed by atoms with E-state index in [1.807, 2.05) is 17.9 Å². The summed E-state index contributed by atoms with van der Waals surface area (Å²) < 4.78 is 1.86. The summed E-state index contributed by atoms with van der Waals surface area (Å²) in [6, 6.07) is 0. The Morgan fingerprint density at radius 2 is 2.06 bits per heavy atom.